The fourth-order valence-corrected chi connectivity index (χ4v) is 5.64. The van der Waals surface area contributed by atoms with E-state index in [2.05, 4.69) is 30.4 Å². The molecule has 2 amide bonds. The predicted octanol–water partition coefficient (Wildman–Crippen LogP) is 3.75. The second-order valence-corrected chi connectivity index (χ2v) is 10.5. The molecular weight excluding hydrogens is 536 g/mol. The van der Waals surface area contributed by atoms with Gasteiger partial charge in [0.15, 0.2) is 11.6 Å². The van der Waals surface area contributed by atoms with Crippen LogP contribution in [0.1, 0.15) is 72.0 Å². The van der Waals surface area contributed by atoms with E-state index in [4.69, 9.17) is 0 Å². The largest absolute Gasteiger partial charge is 0.573 e. The van der Waals surface area contributed by atoms with Crippen molar-refractivity contribution < 1.29 is 36.7 Å². The average Bonchev–Trinajstić information content (AvgIpc) is 3.40. The third-order valence-electron chi connectivity index (χ3n) is 8.16. The van der Waals surface area contributed by atoms with Crippen LogP contribution in [0.4, 0.5) is 17.6 Å². The van der Waals surface area contributed by atoms with Gasteiger partial charge in [-0.05, 0) is 68.6 Å². The number of aromatic nitrogens is 4. The molecule has 40 heavy (non-hydrogen) atoms. The highest BCUT2D eigenvalue weighted by Gasteiger charge is 2.50. The van der Waals surface area contributed by atoms with Gasteiger partial charge in [-0.15, -0.1) is 13.2 Å². The van der Waals surface area contributed by atoms with Gasteiger partial charge in [0, 0.05) is 24.6 Å². The second-order valence-electron chi connectivity index (χ2n) is 10.5. The van der Waals surface area contributed by atoms with Crippen molar-refractivity contribution in [2.45, 2.75) is 58.4 Å². The van der Waals surface area contributed by atoms with Crippen molar-refractivity contribution >= 4 is 23.4 Å². The van der Waals surface area contributed by atoms with Crippen LogP contribution in [-0.4, -0.2) is 50.1 Å². The van der Waals surface area contributed by atoms with E-state index in [1.807, 2.05) is 0 Å². The number of hydrogen-bond acceptors (Lipinski definition) is 7. The van der Waals surface area contributed by atoms with Gasteiger partial charge in [0.2, 0.25) is 0 Å². The molecule has 0 aliphatic heterocycles. The summed E-state index contributed by atoms with van der Waals surface area (Å²) in [7, 11) is 0. The summed E-state index contributed by atoms with van der Waals surface area (Å²) in [5, 5.41) is 9.46. The summed E-state index contributed by atoms with van der Waals surface area (Å²) in [5.74, 6) is -3.22. The number of carbonyl (C=O) groups is 3. The zero-order chi connectivity index (χ0) is 28.7. The number of rotatable bonds is 8. The lowest BCUT2D eigenvalue weighted by Crippen LogP contribution is -2.49. The smallest absolute Gasteiger partial charge is 0.403 e. The first-order chi connectivity index (χ1) is 18.9. The number of fused-ring (bicyclic) bond motifs is 4. The molecule has 6 rings (SSSR count). The Bertz CT molecular complexity index is 1460. The molecule has 2 bridgehead atoms. The van der Waals surface area contributed by atoms with Gasteiger partial charge in [0.25, 0.3) is 17.6 Å². The molecule has 10 nitrogen and oxygen atoms in total. The number of hydrogen-bond donors (Lipinski definition) is 2. The van der Waals surface area contributed by atoms with Crippen LogP contribution in [0.2, 0.25) is 0 Å². The number of nitrogens with zero attached hydrogens (tertiary/aromatic N) is 4. The molecule has 212 valence electrons. The minimum Gasteiger partial charge on any atom is -0.403 e. The molecule has 0 saturated heterocycles. The van der Waals surface area contributed by atoms with E-state index in [1.54, 1.807) is 6.92 Å². The lowest BCUT2D eigenvalue weighted by molar-refractivity contribution is -0.275. The zero-order valence-corrected chi connectivity index (χ0v) is 21.5. The van der Waals surface area contributed by atoms with E-state index in [-0.39, 0.29) is 45.9 Å². The van der Waals surface area contributed by atoms with E-state index in [0.717, 1.165) is 50.7 Å². The Morgan fingerprint density at radius 1 is 1.02 bits per heavy atom. The Morgan fingerprint density at radius 2 is 1.73 bits per heavy atom. The number of halogens is 4. The Labute approximate surface area is 225 Å². The van der Waals surface area contributed by atoms with Crippen molar-refractivity contribution in [3.8, 4) is 5.75 Å². The minimum atomic E-state index is -5.08. The topological polar surface area (TPSA) is 128 Å². The van der Waals surface area contributed by atoms with Crippen LogP contribution in [0.5, 0.6) is 5.75 Å². The van der Waals surface area contributed by atoms with Gasteiger partial charge < -0.3 is 15.4 Å². The third-order valence-corrected chi connectivity index (χ3v) is 8.16. The van der Waals surface area contributed by atoms with Crippen LogP contribution >= 0.6 is 0 Å². The molecule has 2 heterocycles. The van der Waals surface area contributed by atoms with Crippen molar-refractivity contribution in [1.29, 1.82) is 0 Å². The van der Waals surface area contributed by atoms with E-state index < -0.39 is 29.7 Å². The molecule has 0 unspecified atom stereocenters. The molecule has 3 aromatic rings. The Morgan fingerprint density at radius 3 is 2.38 bits per heavy atom. The maximum Gasteiger partial charge on any atom is 0.573 e. The fraction of sp³-hybridized carbons (Fsp3) is 0.462. The molecule has 0 radical (unpaired) electrons. The summed E-state index contributed by atoms with van der Waals surface area (Å²) in [6, 6.07) is 4.07. The van der Waals surface area contributed by atoms with Gasteiger partial charge in [0.05, 0.1) is 0 Å². The van der Waals surface area contributed by atoms with Crippen LogP contribution < -0.4 is 15.4 Å². The first-order valence-corrected chi connectivity index (χ1v) is 12.7. The maximum atomic E-state index is 13.7. The molecule has 0 spiro atoms. The highest BCUT2D eigenvalue weighted by atomic mass is 19.4. The standard InChI is InChI=1S/C26H26F4N6O4/c1-15(37)25-7-4-24(5-8-25,6-9-25)13-32-22(39)19-11-18(35-23-33-14-34-36(19)23)21(38)31-12-16-2-3-17(27)20(10-16)40-26(28,29)30/h2-3,10-11,14H,4-9,12-13H2,1H3,(H,31,38)(H,32,39). The number of benzene rings is 1. The normalized spacial score (nSPS) is 22.2. The molecule has 3 aliphatic carbocycles. The monoisotopic (exact) mass is 562 g/mol. The summed E-state index contributed by atoms with van der Waals surface area (Å²) >= 11 is 0. The maximum absolute atomic E-state index is 13.7. The summed E-state index contributed by atoms with van der Waals surface area (Å²) in [6.45, 7) is 1.80. The van der Waals surface area contributed by atoms with Crippen LogP contribution in [0, 0.1) is 16.6 Å². The van der Waals surface area contributed by atoms with E-state index >= 15 is 0 Å². The van der Waals surface area contributed by atoms with Crippen molar-refractivity contribution in [2.75, 3.05) is 6.54 Å². The minimum absolute atomic E-state index is 0.000170. The van der Waals surface area contributed by atoms with E-state index in [1.165, 1.54) is 23.0 Å². The van der Waals surface area contributed by atoms with Gasteiger partial charge in [0.1, 0.15) is 23.5 Å². The fourth-order valence-electron chi connectivity index (χ4n) is 5.64. The number of carbonyl (C=O) groups excluding carboxylic acids is 3. The summed E-state index contributed by atoms with van der Waals surface area (Å²) in [5.41, 5.74) is -0.322. The van der Waals surface area contributed by atoms with Crippen LogP contribution in [0.25, 0.3) is 5.78 Å². The molecule has 3 fully saturated rings. The number of ether oxygens (including phenoxy) is 1. The summed E-state index contributed by atoms with van der Waals surface area (Å²) in [6.07, 6.45) is 1.06. The van der Waals surface area contributed by atoms with E-state index in [9.17, 15) is 31.9 Å². The lowest BCUT2D eigenvalue weighted by Gasteiger charge is -2.52. The van der Waals surface area contributed by atoms with Gasteiger partial charge in [-0.3, -0.25) is 14.4 Å². The summed E-state index contributed by atoms with van der Waals surface area (Å²) < 4.78 is 56.1. The molecule has 2 aromatic heterocycles. The van der Waals surface area contributed by atoms with Crippen LogP contribution in [0.15, 0.2) is 30.6 Å². The van der Waals surface area contributed by atoms with Crippen molar-refractivity contribution in [3.05, 3.63) is 53.4 Å². The molecule has 14 heteroatoms. The van der Waals surface area contributed by atoms with Crippen LogP contribution in [-0.2, 0) is 11.3 Å². The Hall–Kier alpha value is -4.10. The Kier molecular flexibility index (Phi) is 6.96. The molecular formula is C26H26F4N6O4. The SMILES string of the molecule is CC(=O)C12CCC(CNC(=O)c3cc(C(=O)NCc4ccc(F)c(OC(F)(F)F)c4)nc4ncnn34)(CC1)CC2. The van der Waals surface area contributed by atoms with Crippen molar-refractivity contribution in [3.63, 3.8) is 0 Å². The second kappa shape index (κ2) is 10.1. The van der Waals surface area contributed by atoms with Crippen molar-refractivity contribution in [1.82, 2.24) is 30.2 Å². The zero-order valence-electron chi connectivity index (χ0n) is 21.5. The molecule has 0 atom stereocenters. The van der Waals surface area contributed by atoms with Gasteiger partial charge in [-0.2, -0.15) is 14.6 Å². The van der Waals surface area contributed by atoms with Gasteiger partial charge >= 0.3 is 6.36 Å². The summed E-state index contributed by atoms with van der Waals surface area (Å²) in [4.78, 5) is 46.3. The number of amides is 2. The first kappa shape index (κ1) is 27.5. The molecule has 1 aromatic carbocycles. The molecule has 3 aliphatic rings. The molecule has 2 N–H and O–H groups in total. The third kappa shape index (κ3) is 5.47. The number of Topliss-reactive ketones (excluding diaryl/α,β-unsaturated/α-hetero) is 1. The highest BCUT2D eigenvalue weighted by Crippen LogP contribution is 2.56. The predicted molar refractivity (Wildman–Crippen MR) is 131 cm³/mol. The van der Waals surface area contributed by atoms with Crippen molar-refractivity contribution in [2.24, 2.45) is 10.8 Å². The van der Waals surface area contributed by atoms with Gasteiger partial charge in [-0.25, -0.2) is 9.37 Å². The van der Waals surface area contributed by atoms with Crippen LogP contribution in [0.3, 0.4) is 0 Å². The highest BCUT2D eigenvalue weighted by molar-refractivity contribution is 5.98. The Balaban J connectivity index is 1.27. The number of nitrogens with one attached hydrogen (secondary N) is 2. The van der Waals surface area contributed by atoms with E-state index in [0.29, 0.717) is 6.54 Å². The number of ketones is 1. The quantitative estimate of drug-likeness (QED) is 0.401. The number of alkyl halides is 3. The lowest BCUT2D eigenvalue weighted by atomic mass is 9.52. The average molecular weight is 563 g/mol. The molecule has 3 saturated carbocycles. The van der Waals surface area contributed by atoms with Gasteiger partial charge in [-0.1, -0.05) is 6.07 Å². The first-order valence-electron chi connectivity index (χ1n) is 12.7.